The molecule has 1 aromatic rings. The third kappa shape index (κ3) is 3.42. The molecular formula is C13H16BrF3N2. The van der Waals surface area contributed by atoms with Crippen LogP contribution in [0.25, 0.3) is 0 Å². The molecule has 2 rings (SSSR count). The van der Waals surface area contributed by atoms with Crippen LogP contribution in [0.15, 0.2) is 22.7 Å². The SMILES string of the molecule is CNC1CCN(c2ccc(Br)cc2C(F)(F)F)CC1. The summed E-state index contributed by atoms with van der Waals surface area (Å²) in [5.74, 6) is 0. The van der Waals surface area contributed by atoms with Gasteiger partial charge in [0.15, 0.2) is 0 Å². The molecule has 1 saturated heterocycles. The van der Waals surface area contributed by atoms with Crippen LogP contribution in [0.5, 0.6) is 0 Å². The molecule has 0 radical (unpaired) electrons. The van der Waals surface area contributed by atoms with Gasteiger partial charge in [-0.05, 0) is 38.1 Å². The molecule has 1 aliphatic heterocycles. The maximum absolute atomic E-state index is 13.1. The zero-order chi connectivity index (χ0) is 14.0. The molecule has 0 saturated carbocycles. The normalized spacial score (nSPS) is 17.8. The van der Waals surface area contributed by atoms with E-state index in [1.807, 2.05) is 11.9 Å². The highest BCUT2D eigenvalue weighted by Crippen LogP contribution is 2.39. The zero-order valence-corrected chi connectivity index (χ0v) is 12.2. The van der Waals surface area contributed by atoms with E-state index in [0.29, 0.717) is 23.6 Å². The Morgan fingerprint density at radius 3 is 2.42 bits per heavy atom. The number of piperidine rings is 1. The number of alkyl halides is 3. The van der Waals surface area contributed by atoms with Crippen molar-refractivity contribution in [1.82, 2.24) is 5.32 Å². The van der Waals surface area contributed by atoms with E-state index in [1.54, 1.807) is 12.1 Å². The number of hydrogen-bond acceptors (Lipinski definition) is 2. The van der Waals surface area contributed by atoms with E-state index in [9.17, 15) is 13.2 Å². The molecule has 1 aromatic carbocycles. The van der Waals surface area contributed by atoms with E-state index in [0.717, 1.165) is 18.9 Å². The van der Waals surface area contributed by atoms with E-state index in [4.69, 9.17) is 0 Å². The van der Waals surface area contributed by atoms with Gasteiger partial charge in [0, 0.05) is 29.3 Å². The van der Waals surface area contributed by atoms with E-state index in [2.05, 4.69) is 21.2 Å². The number of anilines is 1. The summed E-state index contributed by atoms with van der Waals surface area (Å²) in [6, 6.07) is 4.77. The van der Waals surface area contributed by atoms with Gasteiger partial charge < -0.3 is 10.2 Å². The summed E-state index contributed by atoms with van der Waals surface area (Å²) in [6.07, 6.45) is -2.59. The lowest BCUT2D eigenvalue weighted by molar-refractivity contribution is -0.137. The summed E-state index contributed by atoms with van der Waals surface area (Å²) in [4.78, 5) is 1.82. The minimum atomic E-state index is -4.32. The van der Waals surface area contributed by atoms with Crippen LogP contribution in [0, 0.1) is 0 Å². The molecule has 0 bridgehead atoms. The summed E-state index contributed by atoms with van der Waals surface area (Å²) in [5, 5.41) is 3.17. The van der Waals surface area contributed by atoms with Gasteiger partial charge >= 0.3 is 6.18 Å². The highest BCUT2D eigenvalue weighted by molar-refractivity contribution is 9.10. The summed E-state index contributed by atoms with van der Waals surface area (Å²) in [7, 11) is 1.89. The lowest BCUT2D eigenvalue weighted by atomic mass is 10.0. The lowest BCUT2D eigenvalue weighted by Crippen LogP contribution is -2.41. The molecule has 1 aliphatic rings. The highest BCUT2D eigenvalue weighted by atomic mass is 79.9. The van der Waals surface area contributed by atoms with Crippen molar-refractivity contribution in [3.63, 3.8) is 0 Å². The van der Waals surface area contributed by atoms with Crippen LogP contribution in [0.1, 0.15) is 18.4 Å². The van der Waals surface area contributed by atoms with Crippen molar-refractivity contribution < 1.29 is 13.2 Å². The predicted octanol–water partition coefficient (Wildman–Crippen LogP) is 3.66. The zero-order valence-electron chi connectivity index (χ0n) is 10.6. The first-order valence-corrected chi connectivity index (χ1v) is 7.00. The van der Waals surface area contributed by atoms with Gasteiger partial charge in [0.25, 0.3) is 0 Å². The fourth-order valence-electron chi connectivity index (χ4n) is 2.42. The third-order valence-electron chi connectivity index (χ3n) is 3.51. The Morgan fingerprint density at radius 1 is 1.26 bits per heavy atom. The first-order chi connectivity index (χ1) is 8.91. The van der Waals surface area contributed by atoms with Crippen molar-refractivity contribution in [2.45, 2.75) is 25.1 Å². The quantitative estimate of drug-likeness (QED) is 0.886. The predicted molar refractivity (Wildman–Crippen MR) is 73.4 cm³/mol. The topological polar surface area (TPSA) is 15.3 Å². The van der Waals surface area contributed by atoms with Gasteiger partial charge in [-0.1, -0.05) is 15.9 Å². The van der Waals surface area contributed by atoms with E-state index >= 15 is 0 Å². The molecule has 0 amide bonds. The fraction of sp³-hybridized carbons (Fsp3) is 0.538. The van der Waals surface area contributed by atoms with Crippen LogP contribution in [-0.4, -0.2) is 26.2 Å². The Hall–Kier alpha value is -0.750. The number of hydrogen-bond donors (Lipinski definition) is 1. The summed E-state index contributed by atoms with van der Waals surface area (Å²) >= 11 is 3.11. The fourth-order valence-corrected chi connectivity index (χ4v) is 2.78. The number of halogens is 4. The van der Waals surface area contributed by atoms with Crippen molar-refractivity contribution >= 4 is 21.6 Å². The molecule has 106 valence electrons. The lowest BCUT2D eigenvalue weighted by Gasteiger charge is -2.35. The van der Waals surface area contributed by atoms with Crippen LogP contribution in [0.4, 0.5) is 18.9 Å². The smallest absolute Gasteiger partial charge is 0.371 e. The van der Waals surface area contributed by atoms with Crippen LogP contribution < -0.4 is 10.2 Å². The molecule has 0 atom stereocenters. The molecule has 0 aliphatic carbocycles. The van der Waals surface area contributed by atoms with Crippen LogP contribution in [0.2, 0.25) is 0 Å². The van der Waals surface area contributed by atoms with Crippen LogP contribution in [-0.2, 0) is 6.18 Å². The Balaban J connectivity index is 2.25. The number of benzene rings is 1. The molecule has 2 nitrogen and oxygen atoms in total. The van der Waals surface area contributed by atoms with Gasteiger partial charge in [-0.2, -0.15) is 13.2 Å². The average Bonchev–Trinajstić information content (AvgIpc) is 2.38. The molecule has 19 heavy (non-hydrogen) atoms. The second-order valence-corrected chi connectivity index (χ2v) is 5.62. The first-order valence-electron chi connectivity index (χ1n) is 6.21. The maximum Gasteiger partial charge on any atom is 0.418 e. The minimum absolute atomic E-state index is 0.283. The molecule has 0 aromatic heterocycles. The van der Waals surface area contributed by atoms with E-state index < -0.39 is 11.7 Å². The molecule has 1 heterocycles. The molecular weight excluding hydrogens is 321 g/mol. The van der Waals surface area contributed by atoms with Gasteiger partial charge in [-0.25, -0.2) is 0 Å². The maximum atomic E-state index is 13.1. The molecule has 0 spiro atoms. The summed E-state index contributed by atoms with van der Waals surface area (Å²) < 4.78 is 39.7. The Labute approximate surface area is 119 Å². The van der Waals surface area contributed by atoms with Crippen LogP contribution in [0.3, 0.4) is 0 Å². The number of nitrogens with one attached hydrogen (secondary N) is 1. The first kappa shape index (κ1) is 14.7. The summed E-state index contributed by atoms with van der Waals surface area (Å²) in [5.41, 5.74) is -0.282. The van der Waals surface area contributed by atoms with Crippen LogP contribution >= 0.6 is 15.9 Å². The minimum Gasteiger partial charge on any atom is -0.371 e. The van der Waals surface area contributed by atoms with Crippen molar-refractivity contribution in [3.05, 3.63) is 28.2 Å². The molecule has 0 unspecified atom stereocenters. The van der Waals surface area contributed by atoms with Gasteiger partial charge in [0.1, 0.15) is 0 Å². The van der Waals surface area contributed by atoms with Gasteiger partial charge in [-0.15, -0.1) is 0 Å². The monoisotopic (exact) mass is 336 g/mol. The van der Waals surface area contributed by atoms with Crippen molar-refractivity contribution in [2.75, 3.05) is 25.0 Å². The average molecular weight is 337 g/mol. The number of rotatable bonds is 2. The van der Waals surface area contributed by atoms with Gasteiger partial charge in [0.05, 0.1) is 5.56 Å². The van der Waals surface area contributed by atoms with Crippen molar-refractivity contribution in [2.24, 2.45) is 0 Å². The second kappa shape index (κ2) is 5.71. The van der Waals surface area contributed by atoms with Crippen molar-refractivity contribution in [3.8, 4) is 0 Å². The Morgan fingerprint density at radius 2 is 1.89 bits per heavy atom. The number of nitrogens with zero attached hydrogens (tertiary/aromatic N) is 1. The van der Waals surface area contributed by atoms with Gasteiger partial charge in [-0.3, -0.25) is 0 Å². The van der Waals surface area contributed by atoms with Gasteiger partial charge in [0.2, 0.25) is 0 Å². The summed E-state index contributed by atoms with van der Waals surface area (Å²) in [6.45, 7) is 1.30. The molecule has 1 fully saturated rings. The third-order valence-corrected chi connectivity index (χ3v) is 4.00. The standard InChI is InChI=1S/C13H16BrF3N2/c1-18-10-4-6-19(7-5-10)12-3-2-9(14)8-11(12)13(15,16)17/h2-3,8,10,18H,4-7H2,1H3. The van der Waals surface area contributed by atoms with E-state index in [1.165, 1.54) is 0 Å². The van der Waals surface area contributed by atoms with Crippen molar-refractivity contribution in [1.29, 1.82) is 0 Å². The highest BCUT2D eigenvalue weighted by Gasteiger charge is 2.35. The Bertz CT molecular complexity index is 440. The molecule has 1 N–H and O–H groups in total. The molecule has 6 heteroatoms. The van der Waals surface area contributed by atoms with E-state index in [-0.39, 0.29) is 5.69 Å². The largest absolute Gasteiger partial charge is 0.418 e. The second-order valence-electron chi connectivity index (χ2n) is 4.71. The Kier molecular flexibility index (Phi) is 4.40.